The second-order valence-corrected chi connectivity index (χ2v) is 9.97. The summed E-state index contributed by atoms with van der Waals surface area (Å²) in [6.07, 6.45) is 27.2. The molecule has 0 aromatic heterocycles. The molecule has 0 bridgehead atoms. The minimum atomic E-state index is -0.663. The number of carboxylic acid groups (broad SMARTS) is 1. The van der Waals surface area contributed by atoms with Crippen LogP contribution in [0.15, 0.2) is 0 Å². The van der Waals surface area contributed by atoms with Gasteiger partial charge in [-0.15, -0.1) is 0 Å². The Balaban J connectivity index is 3.14. The molecule has 3 N–H and O–H groups in total. The molecular weight excluding hydrogens is 400 g/mol. The van der Waals surface area contributed by atoms with Crippen LogP contribution in [0.3, 0.4) is 0 Å². The summed E-state index contributed by atoms with van der Waals surface area (Å²) in [6.45, 7) is 2.09. The molecule has 2 atom stereocenters. The molecule has 4 nitrogen and oxygen atoms in total. The number of carbonyl (C=O) groups is 1. The van der Waals surface area contributed by atoms with E-state index in [-0.39, 0.29) is 12.2 Å². The van der Waals surface area contributed by atoms with Crippen molar-refractivity contribution in [2.45, 2.75) is 173 Å². The summed E-state index contributed by atoms with van der Waals surface area (Å²) in [5.74, 6) is -0.663. The van der Waals surface area contributed by atoms with E-state index < -0.39 is 5.97 Å². The lowest BCUT2D eigenvalue weighted by molar-refractivity contribution is -0.137. The first-order valence-corrected chi connectivity index (χ1v) is 14.1. The zero-order valence-electron chi connectivity index (χ0n) is 21.4. The van der Waals surface area contributed by atoms with Gasteiger partial charge in [-0.2, -0.15) is 0 Å². The summed E-state index contributed by atoms with van der Waals surface area (Å²) >= 11 is 0. The Hall–Kier alpha value is -0.610. The standard InChI is InChI=1S/C28H56O4/c1-2-21-26(29)24-25-27(30)22-19-17-15-13-11-9-7-5-3-4-6-8-10-12-14-16-18-20-23-28(31)32/h26-27,29-30H,2-25H2,1H3,(H,31,32). The van der Waals surface area contributed by atoms with E-state index in [4.69, 9.17) is 5.11 Å². The molecule has 0 aliphatic carbocycles. The first kappa shape index (κ1) is 31.4. The minimum absolute atomic E-state index is 0.225. The Kier molecular flexibility index (Phi) is 24.5. The maximum absolute atomic E-state index is 10.4. The summed E-state index contributed by atoms with van der Waals surface area (Å²) in [5, 5.41) is 28.3. The van der Waals surface area contributed by atoms with Crippen LogP contribution in [0.25, 0.3) is 0 Å². The lowest BCUT2D eigenvalue weighted by atomic mass is 10.0. The predicted octanol–water partition coefficient (Wildman–Crippen LogP) is 8.18. The molecule has 4 heteroatoms. The molecule has 192 valence electrons. The Morgan fingerprint density at radius 1 is 0.500 bits per heavy atom. The highest BCUT2D eigenvalue weighted by atomic mass is 16.4. The van der Waals surface area contributed by atoms with Crippen LogP contribution in [0.2, 0.25) is 0 Å². The molecule has 0 radical (unpaired) electrons. The van der Waals surface area contributed by atoms with Crippen LogP contribution >= 0.6 is 0 Å². The van der Waals surface area contributed by atoms with Gasteiger partial charge >= 0.3 is 5.97 Å². The van der Waals surface area contributed by atoms with Crippen LogP contribution < -0.4 is 0 Å². The summed E-state index contributed by atoms with van der Waals surface area (Å²) in [5.41, 5.74) is 0. The zero-order valence-corrected chi connectivity index (χ0v) is 21.4. The van der Waals surface area contributed by atoms with Gasteiger partial charge in [-0.05, 0) is 32.1 Å². The van der Waals surface area contributed by atoms with Gasteiger partial charge in [-0.1, -0.05) is 122 Å². The van der Waals surface area contributed by atoms with E-state index in [1.807, 2.05) is 0 Å². The number of rotatable bonds is 26. The van der Waals surface area contributed by atoms with Gasteiger partial charge in [0.05, 0.1) is 12.2 Å². The lowest BCUT2D eigenvalue weighted by Gasteiger charge is -2.13. The molecule has 0 saturated heterocycles. The van der Waals surface area contributed by atoms with Gasteiger partial charge in [-0.25, -0.2) is 0 Å². The highest BCUT2D eigenvalue weighted by molar-refractivity contribution is 5.66. The van der Waals surface area contributed by atoms with Crippen molar-refractivity contribution in [3.63, 3.8) is 0 Å². The molecule has 0 heterocycles. The Morgan fingerprint density at radius 3 is 1.16 bits per heavy atom. The molecular formula is C28H56O4. The molecule has 0 spiro atoms. The maximum Gasteiger partial charge on any atom is 0.303 e. The molecule has 0 rings (SSSR count). The van der Waals surface area contributed by atoms with Crippen molar-refractivity contribution < 1.29 is 20.1 Å². The average molecular weight is 457 g/mol. The van der Waals surface area contributed by atoms with Gasteiger partial charge in [0.25, 0.3) is 0 Å². The SMILES string of the molecule is CCCC(O)CCC(O)CCCCCCCCCCCCCCCCCCCCC(=O)O. The van der Waals surface area contributed by atoms with E-state index in [1.165, 1.54) is 96.3 Å². The van der Waals surface area contributed by atoms with Gasteiger partial charge in [0.15, 0.2) is 0 Å². The van der Waals surface area contributed by atoms with Crippen LogP contribution in [0, 0.1) is 0 Å². The highest BCUT2D eigenvalue weighted by Gasteiger charge is 2.08. The molecule has 0 saturated carbocycles. The Labute approximate surface area is 199 Å². The van der Waals surface area contributed by atoms with Crippen molar-refractivity contribution >= 4 is 5.97 Å². The van der Waals surface area contributed by atoms with E-state index in [1.54, 1.807) is 0 Å². The van der Waals surface area contributed by atoms with Crippen molar-refractivity contribution in [1.29, 1.82) is 0 Å². The maximum atomic E-state index is 10.4. The van der Waals surface area contributed by atoms with Gasteiger partial charge in [-0.3, -0.25) is 4.79 Å². The molecule has 2 unspecified atom stereocenters. The number of hydrogen-bond acceptors (Lipinski definition) is 3. The van der Waals surface area contributed by atoms with Crippen LogP contribution in [0.5, 0.6) is 0 Å². The number of unbranched alkanes of at least 4 members (excludes halogenated alkanes) is 17. The van der Waals surface area contributed by atoms with Crippen LogP contribution in [-0.2, 0) is 4.79 Å². The third-order valence-corrected chi connectivity index (χ3v) is 6.63. The second kappa shape index (κ2) is 25.0. The number of aliphatic hydroxyl groups is 2. The third kappa shape index (κ3) is 25.6. The molecule has 0 aromatic carbocycles. The number of aliphatic hydroxyl groups excluding tert-OH is 2. The Morgan fingerprint density at radius 2 is 0.812 bits per heavy atom. The Bertz CT molecular complexity index is 386. The third-order valence-electron chi connectivity index (χ3n) is 6.63. The lowest BCUT2D eigenvalue weighted by Crippen LogP contribution is -2.13. The fraction of sp³-hybridized carbons (Fsp3) is 0.964. The van der Waals surface area contributed by atoms with E-state index in [9.17, 15) is 15.0 Å². The van der Waals surface area contributed by atoms with Crippen molar-refractivity contribution in [3.8, 4) is 0 Å². The number of aliphatic carboxylic acids is 1. The first-order valence-electron chi connectivity index (χ1n) is 14.1. The fourth-order valence-corrected chi connectivity index (χ4v) is 4.49. The topological polar surface area (TPSA) is 77.8 Å². The minimum Gasteiger partial charge on any atom is -0.481 e. The van der Waals surface area contributed by atoms with Crippen LogP contribution in [-0.4, -0.2) is 33.5 Å². The van der Waals surface area contributed by atoms with Crippen molar-refractivity contribution in [2.24, 2.45) is 0 Å². The van der Waals surface area contributed by atoms with Crippen molar-refractivity contribution in [1.82, 2.24) is 0 Å². The summed E-state index contributed by atoms with van der Waals surface area (Å²) < 4.78 is 0. The van der Waals surface area contributed by atoms with Gasteiger partial charge in [0.2, 0.25) is 0 Å². The molecule has 0 aromatic rings. The van der Waals surface area contributed by atoms with Crippen molar-refractivity contribution in [3.05, 3.63) is 0 Å². The quantitative estimate of drug-likeness (QED) is 0.115. The smallest absolute Gasteiger partial charge is 0.303 e. The zero-order chi connectivity index (χ0) is 23.7. The molecule has 0 aliphatic rings. The van der Waals surface area contributed by atoms with E-state index in [2.05, 4.69) is 6.92 Å². The van der Waals surface area contributed by atoms with Crippen molar-refractivity contribution in [2.75, 3.05) is 0 Å². The number of carboxylic acids is 1. The average Bonchev–Trinajstić information content (AvgIpc) is 2.76. The molecule has 0 aliphatic heterocycles. The fourth-order valence-electron chi connectivity index (χ4n) is 4.49. The monoisotopic (exact) mass is 456 g/mol. The van der Waals surface area contributed by atoms with Crippen LogP contribution in [0.1, 0.15) is 161 Å². The largest absolute Gasteiger partial charge is 0.481 e. The predicted molar refractivity (Wildman–Crippen MR) is 136 cm³/mol. The van der Waals surface area contributed by atoms with Gasteiger partial charge in [0, 0.05) is 6.42 Å². The normalized spacial score (nSPS) is 13.3. The van der Waals surface area contributed by atoms with E-state index in [0.717, 1.165) is 51.4 Å². The highest BCUT2D eigenvalue weighted by Crippen LogP contribution is 2.16. The van der Waals surface area contributed by atoms with Gasteiger partial charge < -0.3 is 15.3 Å². The number of hydrogen-bond donors (Lipinski definition) is 3. The first-order chi connectivity index (χ1) is 15.6. The molecule has 32 heavy (non-hydrogen) atoms. The van der Waals surface area contributed by atoms with E-state index >= 15 is 0 Å². The summed E-state index contributed by atoms with van der Waals surface area (Å²) in [4.78, 5) is 10.4. The molecule has 0 fully saturated rings. The van der Waals surface area contributed by atoms with Crippen LogP contribution in [0.4, 0.5) is 0 Å². The summed E-state index contributed by atoms with van der Waals surface area (Å²) in [7, 11) is 0. The second-order valence-electron chi connectivity index (χ2n) is 9.97. The van der Waals surface area contributed by atoms with E-state index in [0.29, 0.717) is 6.42 Å². The summed E-state index contributed by atoms with van der Waals surface area (Å²) in [6, 6.07) is 0. The van der Waals surface area contributed by atoms with Gasteiger partial charge in [0.1, 0.15) is 0 Å². The molecule has 0 amide bonds.